The van der Waals surface area contributed by atoms with Crippen LogP contribution in [0.1, 0.15) is 19.5 Å². The van der Waals surface area contributed by atoms with Crippen molar-refractivity contribution in [2.24, 2.45) is 0 Å². The lowest BCUT2D eigenvalue weighted by atomic mass is 10.2. The third-order valence-corrected chi connectivity index (χ3v) is 2.02. The third kappa shape index (κ3) is 2.77. The molecule has 80 valence electrons. The van der Waals surface area contributed by atoms with E-state index in [1.165, 1.54) is 12.4 Å². The normalized spacial score (nSPS) is 11.5. The smallest absolute Gasteiger partial charge is 0.323 e. The van der Waals surface area contributed by atoms with Crippen LogP contribution in [0.2, 0.25) is 0 Å². The quantitative estimate of drug-likeness (QED) is 0.795. The van der Waals surface area contributed by atoms with E-state index in [9.17, 15) is 9.59 Å². The highest BCUT2D eigenvalue weighted by atomic mass is 16.4. The summed E-state index contributed by atoms with van der Waals surface area (Å²) < 4.78 is 1.05. The van der Waals surface area contributed by atoms with E-state index in [2.05, 4.69) is 4.98 Å². The number of carbonyl (C=O) groups is 1. The van der Waals surface area contributed by atoms with Gasteiger partial charge in [0.2, 0.25) is 0 Å². The second-order valence-corrected chi connectivity index (χ2v) is 3.11. The topological polar surface area (TPSA) is 72.2 Å². The van der Waals surface area contributed by atoms with Gasteiger partial charge < -0.3 is 5.11 Å². The molecule has 1 N–H and O–H groups in total. The van der Waals surface area contributed by atoms with Crippen molar-refractivity contribution in [2.75, 3.05) is 0 Å². The summed E-state index contributed by atoms with van der Waals surface area (Å²) in [4.78, 5) is 25.8. The zero-order valence-corrected chi connectivity index (χ0v) is 8.60. The largest absolute Gasteiger partial charge is 0.480 e. The van der Waals surface area contributed by atoms with Gasteiger partial charge in [0.05, 0.1) is 12.0 Å². The average molecular weight is 208 g/mol. The van der Waals surface area contributed by atoms with Crippen LogP contribution in [0.3, 0.4) is 0 Å². The SMILES string of the molecule is C/C=C(\C)c1cc(=O)n(CC(=O)O)cn1. The lowest BCUT2D eigenvalue weighted by Crippen LogP contribution is -2.24. The second kappa shape index (κ2) is 4.54. The first kappa shape index (κ1) is 11.2. The number of aliphatic carboxylic acids is 1. The first-order valence-corrected chi connectivity index (χ1v) is 4.46. The van der Waals surface area contributed by atoms with Gasteiger partial charge in [0, 0.05) is 6.07 Å². The van der Waals surface area contributed by atoms with Crippen LogP contribution >= 0.6 is 0 Å². The van der Waals surface area contributed by atoms with Crippen molar-refractivity contribution in [1.29, 1.82) is 0 Å². The Kier molecular flexibility index (Phi) is 3.38. The summed E-state index contributed by atoms with van der Waals surface area (Å²) in [6.07, 6.45) is 3.09. The summed E-state index contributed by atoms with van der Waals surface area (Å²) in [5, 5.41) is 8.52. The highest BCUT2D eigenvalue weighted by molar-refractivity contribution is 5.66. The molecule has 5 heteroatoms. The van der Waals surface area contributed by atoms with Crippen LogP contribution in [0.25, 0.3) is 5.57 Å². The maximum absolute atomic E-state index is 11.4. The Morgan fingerprint density at radius 3 is 2.80 bits per heavy atom. The van der Waals surface area contributed by atoms with E-state index in [1.54, 1.807) is 0 Å². The first-order chi connectivity index (χ1) is 7.04. The molecule has 5 nitrogen and oxygen atoms in total. The van der Waals surface area contributed by atoms with Crippen molar-refractivity contribution in [3.05, 3.63) is 34.5 Å². The van der Waals surface area contributed by atoms with Crippen LogP contribution < -0.4 is 5.56 Å². The molecule has 1 aromatic heterocycles. The van der Waals surface area contributed by atoms with Crippen molar-refractivity contribution in [1.82, 2.24) is 9.55 Å². The van der Waals surface area contributed by atoms with Crippen LogP contribution in [-0.4, -0.2) is 20.6 Å². The number of hydrogen-bond donors (Lipinski definition) is 1. The Balaban J connectivity index is 3.09. The monoisotopic (exact) mass is 208 g/mol. The van der Waals surface area contributed by atoms with Gasteiger partial charge in [-0.15, -0.1) is 0 Å². The van der Waals surface area contributed by atoms with Crippen LogP contribution in [0.5, 0.6) is 0 Å². The summed E-state index contributed by atoms with van der Waals surface area (Å²) in [6.45, 7) is 3.32. The maximum atomic E-state index is 11.4. The summed E-state index contributed by atoms with van der Waals surface area (Å²) in [7, 11) is 0. The Bertz CT molecular complexity index is 460. The van der Waals surface area contributed by atoms with Crippen LogP contribution in [0.15, 0.2) is 23.3 Å². The second-order valence-electron chi connectivity index (χ2n) is 3.11. The lowest BCUT2D eigenvalue weighted by molar-refractivity contribution is -0.137. The number of carboxylic acids is 1. The van der Waals surface area contributed by atoms with Crippen molar-refractivity contribution in [2.45, 2.75) is 20.4 Å². The Hall–Kier alpha value is -1.91. The molecule has 1 heterocycles. The number of allylic oxidation sites excluding steroid dienone is 2. The molecule has 1 rings (SSSR count). The molecule has 0 saturated heterocycles. The zero-order chi connectivity index (χ0) is 11.4. The summed E-state index contributed by atoms with van der Waals surface area (Å²) in [6, 6.07) is 1.33. The van der Waals surface area contributed by atoms with Crippen LogP contribution in [0.4, 0.5) is 0 Å². The van der Waals surface area contributed by atoms with Crippen molar-refractivity contribution in [3.63, 3.8) is 0 Å². The molecule has 0 atom stereocenters. The van der Waals surface area contributed by atoms with Crippen molar-refractivity contribution in [3.8, 4) is 0 Å². The van der Waals surface area contributed by atoms with Gasteiger partial charge in [-0.1, -0.05) is 6.08 Å². The molecule has 0 aliphatic heterocycles. The highest BCUT2D eigenvalue weighted by Crippen LogP contribution is 2.06. The van der Waals surface area contributed by atoms with Crippen molar-refractivity contribution >= 4 is 11.5 Å². The van der Waals surface area contributed by atoms with Gasteiger partial charge in [-0.2, -0.15) is 0 Å². The Labute approximate surface area is 86.7 Å². The minimum Gasteiger partial charge on any atom is -0.480 e. The third-order valence-electron chi connectivity index (χ3n) is 2.02. The lowest BCUT2D eigenvalue weighted by Gasteiger charge is -2.03. The van der Waals surface area contributed by atoms with E-state index in [0.29, 0.717) is 5.69 Å². The highest BCUT2D eigenvalue weighted by Gasteiger charge is 2.04. The molecular formula is C10H12N2O3. The molecule has 15 heavy (non-hydrogen) atoms. The zero-order valence-electron chi connectivity index (χ0n) is 8.60. The van der Waals surface area contributed by atoms with E-state index in [-0.39, 0.29) is 12.1 Å². The van der Waals surface area contributed by atoms with E-state index < -0.39 is 5.97 Å². The minimum absolute atomic E-state index is 0.358. The Morgan fingerprint density at radius 2 is 2.33 bits per heavy atom. The minimum atomic E-state index is -1.06. The fourth-order valence-electron chi connectivity index (χ4n) is 1.05. The van der Waals surface area contributed by atoms with Crippen LogP contribution in [-0.2, 0) is 11.3 Å². The molecule has 0 spiro atoms. The molecule has 0 aliphatic rings. The summed E-state index contributed by atoms with van der Waals surface area (Å²) in [5.41, 5.74) is 1.10. The predicted octanol–water partition coefficient (Wildman–Crippen LogP) is 0.751. The van der Waals surface area contributed by atoms with E-state index in [4.69, 9.17) is 5.11 Å². The molecule has 0 radical (unpaired) electrons. The molecule has 0 unspecified atom stereocenters. The van der Waals surface area contributed by atoms with Gasteiger partial charge in [0.15, 0.2) is 0 Å². The molecule has 0 aliphatic carbocycles. The first-order valence-electron chi connectivity index (χ1n) is 4.46. The average Bonchev–Trinajstić information content (AvgIpc) is 2.19. The van der Waals surface area contributed by atoms with Crippen LogP contribution in [0, 0.1) is 0 Å². The number of rotatable bonds is 3. The molecule has 1 aromatic rings. The van der Waals surface area contributed by atoms with Gasteiger partial charge >= 0.3 is 5.97 Å². The van der Waals surface area contributed by atoms with Crippen molar-refractivity contribution < 1.29 is 9.90 Å². The maximum Gasteiger partial charge on any atom is 0.323 e. The van der Waals surface area contributed by atoms with E-state index >= 15 is 0 Å². The van der Waals surface area contributed by atoms with E-state index in [0.717, 1.165) is 10.1 Å². The molecule has 0 saturated carbocycles. The molecule has 0 bridgehead atoms. The molecule has 0 fully saturated rings. The standard InChI is InChI=1S/C10H12N2O3/c1-3-7(2)8-4-9(13)12(6-11-8)5-10(14)15/h3-4,6H,5H2,1-2H3,(H,14,15)/b7-3+. The molecule has 0 amide bonds. The van der Waals surface area contributed by atoms with Gasteiger partial charge in [0.25, 0.3) is 5.56 Å². The predicted molar refractivity (Wildman–Crippen MR) is 55.5 cm³/mol. The van der Waals surface area contributed by atoms with Gasteiger partial charge in [-0.05, 0) is 19.4 Å². The van der Waals surface area contributed by atoms with Gasteiger partial charge in [-0.25, -0.2) is 4.98 Å². The number of hydrogen-bond acceptors (Lipinski definition) is 3. The molecular weight excluding hydrogens is 196 g/mol. The number of aromatic nitrogens is 2. The molecule has 0 aromatic carbocycles. The fraction of sp³-hybridized carbons (Fsp3) is 0.300. The van der Waals surface area contributed by atoms with Gasteiger partial charge in [0.1, 0.15) is 6.54 Å². The van der Waals surface area contributed by atoms with Gasteiger partial charge in [-0.3, -0.25) is 14.2 Å². The number of carboxylic acid groups (broad SMARTS) is 1. The fourth-order valence-corrected chi connectivity index (χ4v) is 1.05. The number of nitrogens with zero attached hydrogens (tertiary/aromatic N) is 2. The van der Waals surface area contributed by atoms with E-state index in [1.807, 2.05) is 19.9 Å². The summed E-state index contributed by atoms with van der Waals surface area (Å²) in [5.74, 6) is -1.06. The summed E-state index contributed by atoms with van der Waals surface area (Å²) >= 11 is 0. The Morgan fingerprint density at radius 1 is 1.67 bits per heavy atom.